The van der Waals surface area contributed by atoms with Crippen molar-refractivity contribution >= 4 is 21.6 Å². The van der Waals surface area contributed by atoms with Crippen molar-refractivity contribution in [2.24, 2.45) is 0 Å². The summed E-state index contributed by atoms with van der Waals surface area (Å²) in [5, 5.41) is 2.89. The van der Waals surface area contributed by atoms with Crippen LogP contribution in [0.15, 0.2) is 47.4 Å². The molecule has 1 N–H and O–H groups in total. The molecule has 0 aliphatic carbocycles. The fraction of sp³-hybridized carbons (Fsp3) is 0.435. The van der Waals surface area contributed by atoms with E-state index in [1.807, 2.05) is 31.2 Å². The summed E-state index contributed by atoms with van der Waals surface area (Å²) in [6.45, 7) is 6.19. The van der Waals surface area contributed by atoms with Crippen molar-refractivity contribution < 1.29 is 17.9 Å². The molecule has 3 rings (SSSR count). The van der Waals surface area contributed by atoms with E-state index in [1.54, 1.807) is 25.1 Å². The van der Waals surface area contributed by atoms with Crippen LogP contribution in [0.4, 0.5) is 5.69 Å². The second-order valence-corrected chi connectivity index (χ2v) is 9.64. The molecule has 0 aromatic heterocycles. The number of hydrogen-bond donors (Lipinski definition) is 1. The summed E-state index contributed by atoms with van der Waals surface area (Å²) in [6, 6.07) is 12.5. The fourth-order valence-electron chi connectivity index (χ4n) is 3.79. The Morgan fingerprint density at radius 3 is 2.73 bits per heavy atom. The van der Waals surface area contributed by atoms with E-state index in [-0.39, 0.29) is 23.5 Å². The van der Waals surface area contributed by atoms with Crippen molar-refractivity contribution in [1.82, 2.24) is 5.32 Å². The first kappa shape index (κ1) is 22.2. The van der Waals surface area contributed by atoms with Crippen LogP contribution in [0.2, 0.25) is 0 Å². The molecule has 1 amide bonds. The molecule has 6 nitrogen and oxygen atoms in total. The molecule has 1 aliphatic rings. The maximum absolute atomic E-state index is 13.3. The van der Waals surface area contributed by atoms with Gasteiger partial charge in [-0.25, -0.2) is 8.42 Å². The maximum atomic E-state index is 13.3. The Labute approximate surface area is 179 Å². The number of sulfonamides is 1. The van der Waals surface area contributed by atoms with E-state index in [1.165, 1.54) is 4.31 Å². The normalized spacial score (nSPS) is 14.7. The first-order chi connectivity index (χ1) is 14.3. The quantitative estimate of drug-likeness (QED) is 0.691. The topological polar surface area (TPSA) is 75.7 Å². The van der Waals surface area contributed by atoms with Crippen molar-refractivity contribution in [3.63, 3.8) is 0 Å². The van der Waals surface area contributed by atoms with Crippen LogP contribution in [0.1, 0.15) is 44.2 Å². The van der Waals surface area contributed by atoms with Crippen molar-refractivity contribution in [3.8, 4) is 5.75 Å². The molecule has 7 heteroatoms. The van der Waals surface area contributed by atoms with Crippen molar-refractivity contribution in [2.75, 3.05) is 17.5 Å². The lowest BCUT2D eigenvalue weighted by molar-refractivity contribution is -0.123. The van der Waals surface area contributed by atoms with Gasteiger partial charge in [-0.2, -0.15) is 0 Å². The number of hydrogen-bond acceptors (Lipinski definition) is 4. The van der Waals surface area contributed by atoms with Gasteiger partial charge in [-0.15, -0.1) is 0 Å². The minimum Gasteiger partial charge on any atom is -0.484 e. The Balaban J connectivity index is 1.73. The molecular weight excluding hydrogens is 400 g/mol. The molecule has 0 saturated carbocycles. The van der Waals surface area contributed by atoms with Gasteiger partial charge in [-0.05, 0) is 68.5 Å². The molecule has 0 spiro atoms. The number of anilines is 1. The van der Waals surface area contributed by atoms with Gasteiger partial charge in [0.1, 0.15) is 5.75 Å². The molecule has 2 aromatic rings. The number of benzene rings is 2. The molecule has 0 bridgehead atoms. The average molecular weight is 431 g/mol. The summed E-state index contributed by atoms with van der Waals surface area (Å²) < 4.78 is 33.7. The zero-order valence-corrected chi connectivity index (χ0v) is 18.7. The molecule has 0 saturated heterocycles. The highest BCUT2D eigenvalue weighted by Crippen LogP contribution is 2.33. The lowest BCUT2D eigenvalue weighted by Crippen LogP contribution is -2.36. The smallest absolute Gasteiger partial charge is 0.264 e. The minimum absolute atomic E-state index is 0.0967. The number of aryl methyl sites for hydroxylation is 2. The molecule has 1 aliphatic heterocycles. The third-order valence-electron chi connectivity index (χ3n) is 5.29. The van der Waals surface area contributed by atoms with Gasteiger partial charge >= 0.3 is 0 Å². The molecule has 0 fully saturated rings. The van der Waals surface area contributed by atoms with E-state index in [4.69, 9.17) is 4.74 Å². The summed E-state index contributed by atoms with van der Waals surface area (Å²) in [6.07, 6.45) is 3.59. The van der Waals surface area contributed by atoms with Gasteiger partial charge < -0.3 is 10.1 Å². The number of carbonyl (C=O) groups excluding carboxylic acids is 1. The Bertz CT molecular complexity index is 1000. The van der Waals surface area contributed by atoms with Crippen molar-refractivity contribution in [2.45, 2.75) is 57.4 Å². The van der Waals surface area contributed by atoms with Gasteiger partial charge in [0, 0.05) is 12.6 Å². The van der Waals surface area contributed by atoms with Gasteiger partial charge in [-0.1, -0.05) is 31.5 Å². The summed E-state index contributed by atoms with van der Waals surface area (Å²) in [7, 11) is -3.67. The predicted octanol–water partition coefficient (Wildman–Crippen LogP) is 3.82. The predicted molar refractivity (Wildman–Crippen MR) is 118 cm³/mol. The monoisotopic (exact) mass is 430 g/mol. The average Bonchev–Trinajstić information content (AvgIpc) is 2.72. The number of ether oxygens (including phenoxy) is 1. The minimum atomic E-state index is -3.67. The largest absolute Gasteiger partial charge is 0.484 e. The number of carbonyl (C=O) groups is 1. The number of nitrogens with one attached hydrogen (secondary N) is 1. The summed E-state index contributed by atoms with van der Waals surface area (Å²) in [5.74, 6) is 0.322. The van der Waals surface area contributed by atoms with Crippen molar-refractivity contribution in [1.29, 1.82) is 0 Å². The van der Waals surface area contributed by atoms with E-state index in [9.17, 15) is 13.2 Å². The SMILES string of the molecule is CCC[C@@H](C)NC(=O)COc1ccc(S(=O)(=O)N2CCCc3ccccc32)cc1C. The molecule has 0 radical (unpaired) electrons. The Kier molecular flexibility index (Phi) is 7.02. The van der Waals surface area contributed by atoms with Crippen molar-refractivity contribution in [3.05, 3.63) is 53.6 Å². The van der Waals surface area contributed by atoms with Crippen LogP contribution in [0, 0.1) is 6.92 Å². The highest BCUT2D eigenvalue weighted by atomic mass is 32.2. The van der Waals surface area contributed by atoms with Crippen LogP contribution in [0.25, 0.3) is 0 Å². The molecular formula is C23H30N2O4S. The van der Waals surface area contributed by atoms with E-state index in [2.05, 4.69) is 12.2 Å². The third kappa shape index (κ3) is 4.95. The van der Waals surface area contributed by atoms with Crippen LogP contribution >= 0.6 is 0 Å². The maximum Gasteiger partial charge on any atom is 0.264 e. The number of rotatable bonds is 8. The first-order valence-electron chi connectivity index (χ1n) is 10.5. The van der Waals surface area contributed by atoms with E-state index in [0.717, 1.165) is 36.9 Å². The van der Waals surface area contributed by atoms with Crippen LogP contribution in [0.3, 0.4) is 0 Å². The van der Waals surface area contributed by atoms with Gasteiger partial charge in [0.15, 0.2) is 6.61 Å². The number of nitrogens with zero attached hydrogens (tertiary/aromatic N) is 1. The van der Waals surface area contributed by atoms with Crippen LogP contribution in [-0.2, 0) is 21.2 Å². The Hall–Kier alpha value is -2.54. The van der Waals surface area contributed by atoms with E-state index in [0.29, 0.717) is 17.9 Å². The highest BCUT2D eigenvalue weighted by molar-refractivity contribution is 7.92. The van der Waals surface area contributed by atoms with Crippen LogP contribution in [-0.4, -0.2) is 33.5 Å². The molecule has 2 aromatic carbocycles. The van der Waals surface area contributed by atoms with Crippen LogP contribution < -0.4 is 14.4 Å². The molecule has 0 unspecified atom stereocenters. The first-order valence-corrected chi connectivity index (χ1v) is 11.9. The Morgan fingerprint density at radius 1 is 1.23 bits per heavy atom. The number of para-hydroxylation sites is 1. The van der Waals surface area contributed by atoms with Crippen LogP contribution in [0.5, 0.6) is 5.75 Å². The second kappa shape index (κ2) is 9.51. The summed E-state index contributed by atoms with van der Waals surface area (Å²) >= 11 is 0. The van der Waals surface area contributed by atoms with E-state index >= 15 is 0 Å². The molecule has 162 valence electrons. The molecule has 30 heavy (non-hydrogen) atoms. The Morgan fingerprint density at radius 2 is 2.00 bits per heavy atom. The molecule has 1 atom stereocenters. The van der Waals surface area contributed by atoms with Gasteiger partial charge in [-0.3, -0.25) is 9.10 Å². The molecule has 1 heterocycles. The van der Waals surface area contributed by atoms with Gasteiger partial charge in [0.05, 0.1) is 10.6 Å². The summed E-state index contributed by atoms with van der Waals surface area (Å²) in [4.78, 5) is 12.3. The fourth-order valence-corrected chi connectivity index (χ4v) is 5.41. The third-order valence-corrected chi connectivity index (χ3v) is 7.10. The standard InChI is InChI=1S/C23H30N2O4S/c1-4-8-18(3)24-23(26)16-29-22-13-12-20(15-17(22)2)30(27,28)25-14-7-10-19-9-5-6-11-21(19)25/h5-6,9,11-13,15,18H,4,7-8,10,14,16H2,1-3H3,(H,24,26)/t18-/m1/s1. The number of amides is 1. The van der Waals surface area contributed by atoms with Gasteiger partial charge in [0.2, 0.25) is 0 Å². The van der Waals surface area contributed by atoms with Gasteiger partial charge in [0.25, 0.3) is 15.9 Å². The lowest BCUT2D eigenvalue weighted by Gasteiger charge is -2.30. The second-order valence-electron chi connectivity index (χ2n) is 7.78. The van der Waals surface area contributed by atoms with E-state index < -0.39 is 10.0 Å². The zero-order valence-electron chi connectivity index (χ0n) is 17.8. The summed E-state index contributed by atoms with van der Waals surface area (Å²) in [5.41, 5.74) is 2.47. The highest BCUT2D eigenvalue weighted by Gasteiger charge is 2.29. The lowest BCUT2D eigenvalue weighted by atomic mass is 10.0. The zero-order chi connectivity index (χ0) is 21.7. The number of fused-ring (bicyclic) bond motifs is 1.